The van der Waals surface area contributed by atoms with Gasteiger partial charge in [-0.2, -0.15) is 0 Å². The number of piperidine rings is 1. The molecule has 0 unspecified atom stereocenters. The highest BCUT2D eigenvalue weighted by Crippen LogP contribution is 2.20. The molecule has 20 heavy (non-hydrogen) atoms. The number of β-amino-alcohol motifs (C(OH)–C–C–N with tert-alkyl or cyclic N) is 1. The summed E-state index contributed by atoms with van der Waals surface area (Å²) in [4.78, 5) is 10.7. The molecule has 0 radical (unpaired) electrons. The lowest BCUT2D eigenvalue weighted by atomic mass is 10.1. The molecule has 0 spiro atoms. The molecule has 0 amide bonds. The monoisotopic (exact) mass is 299 g/mol. The van der Waals surface area contributed by atoms with E-state index in [1.54, 1.807) is 25.1 Å². The van der Waals surface area contributed by atoms with Gasteiger partial charge in [-0.3, -0.25) is 0 Å². The minimum atomic E-state index is -0.526. The number of hydrogen-bond acceptors (Lipinski definition) is 7. The normalized spacial score (nSPS) is 23.1. The highest BCUT2D eigenvalue weighted by atomic mass is 32.2. The Morgan fingerprint density at radius 1 is 1.50 bits per heavy atom. The molecule has 1 N–H and O–H groups in total. The van der Waals surface area contributed by atoms with Crippen LogP contribution in [0.4, 0.5) is 5.95 Å². The fourth-order valence-electron chi connectivity index (χ4n) is 2.17. The fourth-order valence-corrected chi connectivity index (χ4v) is 2.54. The molecule has 0 bridgehead atoms. The summed E-state index contributed by atoms with van der Waals surface area (Å²) in [6.45, 7) is 2.34. The lowest BCUT2D eigenvalue weighted by Gasteiger charge is -2.35. The average Bonchev–Trinajstić information content (AvgIpc) is 2.49. The van der Waals surface area contributed by atoms with Gasteiger partial charge in [0.1, 0.15) is 5.03 Å². The molecule has 0 saturated carbocycles. The summed E-state index contributed by atoms with van der Waals surface area (Å²) in [5.41, 5.74) is 0. The number of methoxy groups -OCH3 is 1. The quantitative estimate of drug-likeness (QED) is 0.473. The maximum atomic E-state index is 10.2. The van der Waals surface area contributed by atoms with Gasteiger partial charge < -0.3 is 19.5 Å². The highest BCUT2D eigenvalue weighted by molar-refractivity contribution is 7.98. The number of hydrogen-bond donors (Lipinski definition) is 1. The molecule has 6 nitrogen and oxygen atoms in total. The number of thioether (sulfide) groups is 1. The van der Waals surface area contributed by atoms with E-state index in [-0.39, 0.29) is 6.10 Å². The van der Waals surface area contributed by atoms with Crippen molar-refractivity contribution in [2.75, 3.05) is 44.6 Å². The Balaban J connectivity index is 1.91. The maximum absolute atomic E-state index is 10.2. The Labute approximate surface area is 123 Å². The van der Waals surface area contributed by atoms with E-state index >= 15 is 0 Å². The summed E-state index contributed by atoms with van der Waals surface area (Å²) in [6.07, 6.45) is 3.84. The molecule has 7 heteroatoms. The standard InChI is InChI=1S/C13H21N3O3S/c1-18-7-8-19-11-4-6-16(9-10(11)17)13-14-5-3-12(15-13)20-2/h3,5,10-11,17H,4,6-9H2,1-2H3/t10-,11-/m0/s1. The predicted octanol–water partition coefficient (Wildman–Crippen LogP) is 0.801. The number of aromatic nitrogens is 2. The smallest absolute Gasteiger partial charge is 0.226 e. The number of anilines is 1. The van der Waals surface area contributed by atoms with Crippen LogP contribution in [0.25, 0.3) is 0 Å². The van der Waals surface area contributed by atoms with E-state index in [1.807, 2.05) is 17.2 Å². The van der Waals surface area contributed by atoms with Gasteiger partial charge in [-0.15, -0.1) is 11.8 Å². The first kappa shape index (κ1) is 15.5. The SMILES string of the molecule is COCCO[C@H]1CCN(c2nccc(SC)n2)C[C@@H]1O. The molecule has 1 saturated heterocycles. The summed E-state index contributed by atoms with van der Waals surface area (Å²) in [5.74, 6) is 0.672. The summed E-state index contributed by atoms with van der Waals surface area (Å²) in [5, 5.41) is 11.1. The van der Waals surface area contributed by atoms with Crippen LogP contribution in [-0.2, 0) is 9.47 Å². The average molecular weight is 299 g/mol. The number of aliphatic hydroxyl groups is 1. The zero-order valence-corrected chi connectivity index (χ0v) is 12.7. The molecule has 0 aromatic carbocycles. The predicted molar refractivity (Wildman–Crippen MR) is 78.3 cm³/mol. The molecule has 2 atom stereocenters. The first-order valence-electron chi connectivity index (χ1n) is 6.65. The van der Waals surface area contributed by atoms with Crippen molar-refractivity contribution in [1.82, 2.24) is 9.97 Å². The first-order valence-corrected chi connectivity index (χ1v) is 7.87. The highest BCUT2D eigenvalue weighted by Gasteiger charge is 2.29. The van der Waals surface area contributed by atoms with Crippen molar-refractivity contribution >= 4 is 17.7 Å². The van der Waals surface area contributed by atoms with Crippen molar-refractivity contribution in [3.8, 4) is 0 Å². The van der Waals surface area contributed by atoms with Crippen molar-refractivity contribution in [1.29, 1.82) is 0 Å². The molecule has 1 aromatic rings. The van der Waals surface area contributed by atoms with Crippen LogP contribution in [0.2, 0.25) is 0 Å². The molecule has 0 aliphatic carbocycles. The van der Waals surface area contributed by atoms with Crippen molar-refractivity contribution in [2.45, 2.75) is 23.7 Å². The Kier molecular flexibility index (Phi) is 6.03. The van der Waals surface area contributed by atoms with E-state index < -0.39 is 6.10 Å². The second-order valence-electron chi connectivity index (χ2n) is 4.60. The van der Waals surface area contributed by atoms with E-state index in [1.165, 1.54) is 0 Å². The zero-order valence-electron chi connectivity index (χ0n) is 11.9. The van der Waals surface area contributed by atoms with Gasteiger partial charge in [0.15, 0.2) is 0 Å². The Hall–Kier alpha value is -0.890. The Morgan fingerprint density at radius 2 is 2.35 bits per heavy atom. The third-order valence-electron chi connectivity index (χ3n) is 3.25. The molecule has 1 aliphatic heterocycles. The molecule has 112 valence electrons. The lowest BCUT2D eigenvalue weighted by Crippen LogP contribution is -2.48. The molecule has 1 aliphatic rings. The molecule has 1 fully saturated rings. The topological polar surface area (TPSA) is 67.7 Å². The van der Waals surface area contributed by atoms with Crippen molar-refractivity contribution < 1.29 is 14.6 Å². The van der Waals surface area contributed by atoms with Crippen LogP contribution in [0.3, 0.4) is 0 Å². The van der Waals surface area contributed by atoms with E-state index in [4.69, 9.17) is 9.47 Å². The van der Waals surface area contributed by atoms with Gasteiger partial charge in [0.25, 0.3) is 0 Å². The van der Waals surface area contributed by atoms with E-state index in [0.29, 0.717) is 25.7 Å². The lowest BCUT2D eigenvalue weighted by molar-refractivity contribution is -0.0593. The van der Waals surface area contributed by atoms with Gasteiger partial charge in [0, 0.05) is 26.4 Å². The van der Waals surface area contributed by atoms with Crippen molar-refractivity contribution in [2.24, 2.45) is 0 Å². The van der Waals surface area contributed by atoms with Gasteiger partial charge in [-0.25, -0.2) is 9.97 Å². The Morgan fingerprint density at radius 3 is 3.05 bits per heavy atom. The summed E-state index contributed by atoms with van der Waals surface area (Å²) >= 11 is 1.58. The number of aliphatic hydroxyl groups excluding tert-OH is 1. The second-order valence-corrected chi connectivity index (χ2v) is 5.43. The van der Waals surface area contributed by atoms with Gasteiger partial charge in [0.05, 0.1) is 25.4 Å². The molecular weight excluding hydrogens is 278 g/mol. The van der Waals surface area contributed by atoms with Gasteiger partial charge >= 0.3 is 0 Å². The van der Waals surface area contributed by atoms with E-state index in [9.17, 15) is 5.11 Å². The second kappa shape index (κ2) is 7.78. The third-order valence-corrected chi connectivity index (χ3v) is 3.89. The molecule has 2 rings (SSSR count). The van der Waals surface area contributed by atoms with Crippen LogP contribution in [0.5, 0.6) is 0 Å². The van der Waals surface area contributed by atoms with Crippen LogP contribution in [-0.4, -0.2) is 67.0 Å². The number of nitrogens with zero attached hydrogens (tertiary/aromatic N) is 3. The minimum absolute atomic E-state index is 0.134. The first-order chi connectivity index (χ1) is 9.74. The summed E-state index contributed by atoms with van der Waals surface area (Å²) in [7, 11) is 1.64. The largest absolute Gasteiger partial charge is 0.389 e. The molecule has 2 heterocycles. The minimum Gasteiger partial charge on any atom is -0.389 e. The van der Waals surface area contributed by atoms with Crippen LogP contribution < -0.4 is 4.90 Å². The van der Waals surface area contributed by atoms with E-state index in [2.05, 4.69) is 9.97 Å². The van der Waals surface area contributed by atoms with Crippen LogP contribution >= 0.6 is 11.8 Å². The van der Waals surface area contributed by atoms with Crippen LogP contribution in [0, 0.1) is 0 Å². The molecule has 1 aromatic heterocycles. The number of ether oxygens (including phenoxy) is 2. The van der Waals surface area contributed by atoms with Gasteiger partial charge in [-0.1, -0.05) is 0 Å². The van der Waals surface area contributed by atoms with Gasteiger partial charge in [0.2, 0.25) is 5.95 Å². The van der Waals surface area contributed by atoms with Crippen LogP contribution in [0.1, 0.15) is 6.42 Å². The zero-order chi connectivity index (χ0) is 14.4. The van der Waals surface area contributed by atoms with Crippen LogP contribution in [0.15, 0.2) is 17.3 Å². The van der Waals surface area contributed by atoms with Crippen molar-refractivity contribution in [3.05, 3.63) is 12.3 Å². The number of rotatable bonds is 6. The van der Waals surface area contributed by atoms with Crippen molar-refractivity contribution in [3.63, 3.8) is 0 Å². The summed E-state index contributed by atoms with van der Waals surface area (Å²) in [6, 6.07) is 1.88. The summed E-state index contributed by atoms with van der Waals surface area (Å²) < 4.78 is 10.6. The Bertz CT molecular complexity index is 422. The third kappa shape index (κ3) is 4.05. The van der Waals surface area contributed by atoms with Gasteiger partial charge in [-0.05, 0) is 18.7 Å². The maximum Gasteiger partial charge on any atom is 0.226 e. The molecular formula is C13H21N3O3S. The fraction of sp³-hybridized carbons (Fsp3) is 0.692. The van der Waals surface area contributed by atoms with E-state index in [0.717, 1.165) is 18.0 Å².